The predicted molar refractivity (Wildman–Crippen MR) is 92.2 cm³/mol. The molecule has 0 fully saturated rings. The Kier molecular flexibility index (Phi) is 3.92. The number of aromatic nitrogens is 2. The Morgan fingerprint density at radius 3 is 1.76 bits per heavy atom. The molecule has 0 bridgehead atoms. The molecule has 0 aliphatic heterocycles. The average molecular weight is 391 g/mol. The SMILES string of the molecule is CN(C)c1ccc(-c2nnc(-c3ccc(I)cc3)o2)cc1. The minimum atomic E-state index is 0.536. The van der Waals surface area contributed by atoms with Crippen LogP contribution in [0.5, 0.6) is 0 Å². The molecule has 106 valence electrons. The first kappa shape index (κ1) is 14.1. The summed E-state index contributed by atoms with van der Waals surface area (Å²) < 4.78 is 6.93. The Morgan fingerprint density at radius 1 is 0.810 bits per heavy atom. The first-order valence-corrected chi connectivity index (χ1v) is 7.58. The van der Waals surface area contributed by atoms with Crippen molar-refractivity contribution in [3.63, 3.8) is 0 Å². The lowest BCUT2D eigenvalue weighted by Gasteiger charge is -2.11. The second kappa shape index (κ2) is 5.85. The van der Waals surface area contributed by atoms with E-state index in [1.165, 1.54) is 3.57 Å². The summed E-state index contributed by atoms with van der Waals surface area (Å²) >= 11 is 2.27. The molecule has 0 spiro atoms. The van der Waals surface area contributed by atoms with Crippen LogP contribution in [0.25, 0.3) is 22.9 Å². The van der Waals surface area contributed by atoms with Crippen molar-refractivity contribution < 1.29 is 4.42 Å². The zero-order valence-corrected chi connectivity index (χ0v) is 13.9. The van der Waals surface area contributed by atoms with Crippen LogP contribution in [0.15, 0.2) is 52.9 Å². The van der Waals surface area contributed by atoms with Crippen LogP contribution in [0.4, 0.5) is 5.69 Å². The molecule has 0 unspecified atom stereocenters. The first-order valence-electron chi connectivity index (χ1n) is 6.51. The van der Waals surface area contributed by atoms with Gasteiger partial charge in [-0.3, -0.25) is 0 Å². The molecule has 3 rings (SSSR count). The summed E-state index contributed by atoms with van der Waals surface area (Å²) in [6, 6.07) is 16.0. The number of nitrogens with zero attached hydrogens (tertiary/aromatic N) is 3. The lowest BCUT2D eigenvalue weighted by atomic mass is 10.2. The summed E-state index contributed by atoms with van der Waals surface area (Å²) in [4.78, 5) is 2.05. The van der Waals surface area contributed by atoms with Crippen LogP contribution in [0, 0.1) is 3.57 Å². The van der Waals surface area contributed by atoms with Gasteiger partial charge < -0.3 is 9.32 Å². The number of anilines is 1. The third-order valence-electron chi connectivity index (χ3n) is 3.15. The summed E-state index contributed by atoms with van der Waals surface area (Å²) in [5, 5.41) is 8.25. The molecule has 0 saturated heterocycles. The van der Waals surface area contributed by atoms with Gasteiger partial charge in [-0.25, -0.2) is 0 Å². The van der Waals surface area contributed by atoms with E-state index in [0.717, 1.165) is 16.8 Å². The van der Waals surface area contributed by atoms with E-state index in [1.807, 2.05) is 62.6 Å². The van der Waals surface area contributed by atoms with Gasteiger partial charge in [-0.15, -0.1) is 10.2 Å². The first-order chi connectivity index (χ1) is 10.1. The zero-order chi connectivity index (χ0) is 14.8. The van der Waals surface area contributed by atoms with Gasteiger partial charge in [0, 0.05) is 34.5 Å². The van der Waals surface area contributed by atoms with E-state index in [1.54, 1.807) is 0 Å². The molecule has 1 aromatic heterocycles. The quantitative estimate of drug-likeness (QED) is 0.632. The summed E-state index contributed by atoms with van der Waals surface area (Å²) in [5.41, 5.74) is 2.99. The highest BCUT2D eigenvalue weighted by molar-refractivity contribution is 14.1. The Hall–Kier alpha value is -1.89. The van der Waals surface area contributed by atoms with E-state index in [4.69, 9.17) is 4.42 Å². The van der Waals surface area contributed by atoms with Crippen molar-refractivity contribution in [2.24, 2.45) is 0 Å². The van der Waals surface area contributed by atoms with E-state index in [-0.39, 0.29) is 0 Å². The number of halogens is 1. The average Bonchev–Trinajstić information content (AvgIpc) is 2.98. The maximum atomic E-state index is 5.76. The van der Waals surface area contributed by atoms with Gasteiger partial charge >= 0.3 is 0 Å². The Bertz CT molecular complexity index is 733. The van der Waals surface area contributed by atoms with Crippen LogP contribution in [-0.2, 0) is 0 Å². The van der Waals surface area contributed by atoms with Crippen LogP contribution in [0.2, 0.25) is 0 Å². The molecular weight excluding hydrogens is 377 g/mol. The Morgan fingerprint density at radius 2 is 1.29 bits per heavy atom. The number of hydrogen-bond donors (Lipinski definition) is 0. The molecule has 3 aromatic rings. The number of rotatable bonds is 3. The van der Waals surface area contributed by atoms with E-state index in [9.17, 15) is 0 Å². The second-order valence-electron chi connectivity index (χ2n) is 4.86. The Balaban J connectivity index is 1.89. The molecule has 1 heterocycles. The van der Waals surface area contributed by atoms with Gasteiger partial charge in [0.05, 0.1) is 0 Å². The van der Waals surface area contributed by atoms with Gasteiger partial charge in [0.1, 0.15) is 0 Å². The fourth-order valence-electron chi connectivity index (χ4n) is 1.95. The standard InChI is InChI=1S/C16H14IN3O/c1-20(2)14-9-5-12(6-10-14)16-19-18-15(21-16)11-3-7-13(17)8-4-11/h3-10H,1-2H3. The molecule has 4 nitrogen and oxygen atoms in total. The van der Waals surface area contributed by atoms with E-state index >= 15 is 0 Å². The molecule has 0 N–H and O–H groups in total. The highest BCUT2D eigenvalue weighted by atomic mass is 127. The highest BCUT2D eigenvalue weighted by Crippen LogP contribution is 2.25. The molecule has 0 aliphatic rings. The van der Waals surface area contributed by atoms with Crippen molar-refractivity contribution in [2.75, 3.05) is 19.0 Å². The van der Waals surface area contributed by atoms with Crippen molar-refractivity contribution in [1.82, 2.24) is 10.2 Å². The molecule has 0 saturated carbocycles. The fourth-order valence-corrected chi connectivity index (χ4v) is 2.31. The predicted octanol–water partition coefficient (Wildman–Crippen LogP) is 4.07. The maximum Gasteiger partial charge on any atom is 0.248 e. The van der Waals surface area contributed by atoms with Crippen molar-refractivity contribution in [1.29, 1.82) is 0 Å². The minimum Gasteiger partial charge on any atom is -0.416 e. The van der Waals surface area contributed by atoms with Gasteiger partial charge in [0.15, 0.2) is 0 Å². The van der Waals surface area contributed by atoms with Crippen molar-refractivity contribution in [3.05, 3.63) is 52.1 Å². The topological polar surface area (TPSA) is 42.2 Å². The monoisotopic (exact) mass is 391 g/mol. The highest BCUT2D eigenvalue weighted by Gasteiger charge is 2.10. The molecule has 0 aliphatic carbocycles. The fraction of sp³-hybridized carbons (Fsp3) is 0.125. The number of hydrogen-bond acceptors (Lipinski definition) is 4. The smallest absolute Gasteiger partial charge is 0.248 e. The maximum absolute atomic E-state index is 5.76. The van der Waals surface area contributed by atoms with Crippen molar-refractivity contribution >= 4 is 28.3 Å². The summed E-state index contributed by atoms with van der Waals surface area (Å²) in [6.45, 7) is 0. The summed E-state index contributed by atoms with van der Waals surface area (Å²) in [5.74, 6) is 1.08. The van der Waals surface area contributed by atoms with Crippen molar-refractivity contribution in [3.8, 4) is 22.9 Å². The van der Waals surface area contributed by atoms with E-state index in [2.05, 4.69) is 37.7 Å². The summed E-state index contributed by atoms with van der Waals surface area (Å²) in [6.07, 6.45) is 0. The molecular formula is C16H14IN3O. The second-order valence-corrected chi connectivity index (χ2v) is 6.11. The van der Waals surface area contributed by atoms with Crippen LogP contribution in [0.1, 0.15) is 0 Å². The third kappa shape index (κ3) is 3.07. The lowest BCUT2D eigenvalue weighted by molar-refractivity contribution is 0.584. The molecule has 0 amide bonds. The molecule has 0 atom stereocenters. The van der Waals surface area contributed by atoms with Crippen LogP contribution in [0.3, 0.4) is 0 Å². The van der Waals surface area contributed by atoms with Gasteiger partial charge in [0.2, 0.25) is 11.8 Å². The molecule has 2 aromatic carbocycles. The third-order valence-corrected chi connectivity index (χ3v) is 3.87. The lowest BCUT2D eigenvalue weighted by Crippen LogP contribution is -2.07. The molecule has 21 heavy (non-hydrogen) atoms. The zero-order valence-electron chi connectivity index (χ0n) is 11.7. The Labute approximate surface area is 136 Å². The van der Waals surface area contributed by atoms with Gasteiger partial charge in [-0.05, 0) is 71.1 Å². The van der Waals surface area contributed by atoms with E-state index in [0.29, 0.717) is 11.8 Å². The molecule has 0 radical (unpaired) electrons. The van der Waals surface area contributed by atoms with Crippen LogP contribution in [-0.4, -0.2) is 24.3 Å². The normalized spacial score (nSPS) is 10.6. The number of benzene rings is 2. The van der Waals surface area contributed by atoms with Crippen LogP contribution < -0.4 is 4.90 Å². The largest absolute Gasteiger partial charge is 0.416 e. The minimum absolute atomic E-state index is 0.536. The summed E-state index contributed by atoms with van der Waals surface area (Å²) in [7, 11) is 4.02. The molecule has 5 heteroatoms. The van der Waals surface area contributed by atoms with Gasteiger partial charge in [-0.1, -0.05) is 0 Å². The van der Waals surface area contributed by atoms with Gasteiger partial charge in [-0.2, -0.15) is 0 Å². The van der Waals surface area contributed by atoms with Crippen molar-refractivity contribution in [2.45, 2.75) is 0 Å². The van der Waals surface area contributed by atoms with Crippen LogP contribution >= 0.6 is 22.6 Å². The van der Waals surface area contributed by atoms with E-state index < -0.39 is 0 Å². The van der Waals surface area contributed by atoms with Gasteiger partial charge in [0.25, 0.3) is 0 Å².